The lowest BCUT2D eigenvalue weighted by atomic mass is 10.0. The Bertz CT molecular complexity index is 1300. The van der Waals surface area contributed by atoms with Crippen molar-refractivity contribution in [2.24, 2.45) is 5.73 Å². The summed E-state index contributed by atoms with van der Waals surface area (Å²) in [5.74, 6) is -2.93. The number of nitrogens with zero attached hydrogens (tertiary/aromatic N) is 1. The van der Waals surface area contributed by atoms with E-state index in [9.17, 15) is 29.4 Å². The minimum absolute atomic E-state index is 0.0368. The van der Waals surface area contributed by atoms with Gasteiger partial charge in [-0.2, -0.15) is 11.8 Å². The largest absolute Gasteiger partial charge is 0.480 e. The molecule has 5 atom stereocenters. The van der Waals surface area contributed by atoms with Gasteiger partial charge in [0, 0.05) is 35.4 Å². The van der Waals surface area contributed by atoms with Crippen LogP contribution in [0.5, 0.6) is 0 Å². The number of hydrogen-bond donors (Lipinski definition) is 8. The number of carbonyl (C=O) groups excluding carboxylic acids is 3. The molecule has 2 aromatic heterocycles. The molecule has 1 aromatic carbocycles. The number of aromatic amines is 2. The van der Waals surface area contributed by atoms with E-state index in [1.165, 1.54) is 31.2 Å². The molecule has 0 saturated heterocycles. The maximum absolute atomic E-state index is 13.1. The number of H-pyrrole nitrogens is 2. The molecule has 0 aliphatic carbocycles. The summed E-state index contributed by atoms with van der Waals surface area (Å²) in [6.45, 7) is 1.33. The Morgan fingerprint density at radius 1 is 1.02 bits per heavy atom. The van der Waals surface area contributed by atoms with E-state index < -0.39 is 54.0 Å². The Labute approximate surface area is 235 Å². The summed E-state index contributed by atoms with van der Waals surface area (Å²) in [6.07, 6.45) is 5.48. The molecule has 3 aromatic rings. The van der Waals surface area contributed by atoms with Crippen LogP contribution in [0.4, 0.5) is 0 Å². The summed E-state index contributed by atoms with van der Waals surface area (Å²) in [6, 6.07) is 2.78. The maximum atomic E-state index is 13.1. The highest BCUT2D eigenvalue weighted by molar-refractivity contribution is 7.98. The van der Waals surface area contributed by atoms with Gasteiger partial charge in [0.1, 0.15) is 18.1 Å². The van der Waals surface area contributed by atoms with E-state index in [4.69, 9.17) is 5.73 Å². The number of thioether (sulfide) groups is 1. The molecule has 5 unspecified atom stereocenters. The topological polar surface area (TPSA) is 215 Å². The molecule has 0 spiro atoms. The van der Waals surface area contributed by atoms with Gasteiger partial charge < -0.3 is 41.9 Å². The number of aliphatic carboxylic acids is 1. The lowest BCUT2D eigenvalue weighted by Crippen LogP contribution is -2.60. The standard InChI is InChI=1S/C26H35N7O6S/c1-14(34)22(33-23(35)18(27)9-15-11-29-19-6-4-3-5-17(15)19)25(37)31-20(7-8-40-2)24(36)32-21(26(38)39)10-16-12-28-13-30-16/h3-6,11-14,18,20-22,29,34H,7-10,27H2,1-2H3,(H,28,30)(H,31,37)(H,32,36)(H,33,35)(H,38,39). The number of benzene rings is 1. The molecular weight excluding hydrogens is 538 g/mol. The number of aromatic nitrogens is 3. The van der Waals surface area contributed by atoms with Crippen molar-refractivity contribution in [3.8, 4) is 0 Å². The Balaban J connectivity index is 1.66. The molecule has 3 amide bonds. The normalized spacial score (nSPS) is 15.0. The van der Waals surface area contributed by atoms with Gasteiger partial charge in [0.15, 0.2) is 0 Å². The Morgan fingerprint density at radius 3 is 2.40 bits per heavy atom. The van der Waals surface area contributed by atoms with E-state index in [0.717, 1.165) is 16.5 Å². The molecular formula is C26H35N7O6S. The van der Waals surface area contributed by atoms with E-state index in [0.29, 0.717) is 11.4 Å². The van der Waals surface area contributed by atoms with Crippen LogP contribution in [-0.4, -0.2) is 91.1 Å². The average Bonchev–Trinajstić information content (AvgIpc) is 3.58. The third-order valence-electron chi connectivity index (χ3n) is 6.35. The van der Waals surface area contributed by atoms with Crippen molar-refractivity contribution in [3.05, 3.63) is 54.2 Å². The minimum atomic E-state index is -1.40. The van der Waals surface area contributed by atoms with Gasteiger partial charge in [-0.15, -0.1) is 0 Å². The minimum Gasteiger partial charge on any atom is -0.480 e. The van der Waals surface area contributed by atoms with Crippen molar-refractivity contribution < 1.29 is 29.4 Å². The monoisotopic (exact) mass is 573 g/mol. The van der Waals surface area contributed by atoms with Crippen LogP contribution in [0.15, 0.2) is 43.0 Å². The summed E-state index contributed by atoms with van der Waals surface area (Å²) in [7, 11) is 0. The number of carbonyl (C=O) groups is 4. The number of aliphatic hydroxyl groups is 1. The van der Waals surface area contributed by atoms with Gasteiger partial charge >= 0.3 is 5.97 Å². The summed E-state index contributed by atoms with van der Waals surface area (Å²) >= 11 is 1.44. The molecule has 216 valence electrons. The molecule has 0 fully saturated rings. The third kappa shape index (κ3) is 8.31. The summed E-state index contributed by atoms with van der Waals surface area (Å²) in [5.41, 5.74) is 8.37. The quantitative estimate of drug-likeness (QED) is 0.119. The van der Waals surface area contributed by atoms with E-state index in [-0.39, 0.29) is 19.3 Å². The molecule has 0 bridgehead atoms. The molecule has 3 rings (SSSR count). The summed E-state index contributed by atoms with van der Waals surface area (Å²) in [5, 5.41) is 28.3. The number of imidazole rings is 1. The predicted molar refractivity (Wildman–Crippen MR) is 150 cm³/mol. The number of nitrogens with one attached hydrogen (secondary N) is 5. The molecule has 0 aliphatic rings. The van der Waals surface area contributed by atoms with Gasteiger partial charge in [-0.1, -0.05) is 18.2 Å². The second kappa shape index (κ2) is 14.5. The average molecular weight is 574 g/mol. The molecule has 0 saturated carbocycles. The third-order valence-corrected chi connectivity index (χ3v) is 7.00. The highest BCUT2D eigenvalue weighted by atomic mass is 32.2. The molecule has 2 heterocycles. The van der Waals surface area contributed by atoms with E-state index in [1.54, 1.807) is 6.20 Å². The highest BCUT2D eigenvalue weighted by Crippen LogP contribution is 2.19. The zero-order valence-electron chi connectivity index (χ0n) is 22.2. The van der Waals surface area contributed by atoms with Gasteiger partial charge in [0.25, 0.3) is 0 Å². The maximum Gasteiger partial charge on any atom is 0.326 e. The first-order valence-corrected chi connectivity index (χ1v) is 14.1. The molecule has 14 heteroatoms. The molecule has 0 radical (unpaired) electrons. The number of carboxylic acids is 1. The predicted octanol–water partition coefficient (Wildman–Crippen LogP) is -0.324. The zero-order valence-corrected chi connectivity index (χ0v) is 23.0. The SMILES string of the molecule is CSCCC(NC(=O)C(NC(=O)C(N)Cc1c[nH]c2ccccc12)C(C)O)C(=O)NC(Cc1cnc[nH]1)C(=O)O. The fourth-order valence-corrected chi connectivity index (χ4v) is 4.62. The number of carboxylic acid groups (broad SMARTS) is 1. The van der Waals surface area contributed by atoms with Crippen LogP contribution in [0.3, 0.4) is 0 Å². The van der Waals surface area contributed by atoms with Crippen LogP contribution in [-0.2, 0) is 32.0 Å². The van der Waals surface area contributed by atoms with Crippen LogP contribution >= 0.6 is 11.8 Å². The van der Waals surface area contributed by atoms with Crippen molar-refractivity contribution >= 4 is 46.4 Å². The van der Waals surface area contributed by atoms with Crippen molar-refractivity contribution in [2.75, 3.05) is 12.0 Å². The number of hydrogen-bond acceptors (Lipinski definition) is 8. The second-order valence-corrected chi connectivity index (χ2v) is 10.4. The van der Waals surface area contributed by atoms with Crippen molar-refractivity contribution in [2.45, 2.75) is 56.5 Å². The molecule has 13 nitrogen and oxygen atoms in total. The van der Waals surface area contributed by atoms with Gasteiger partial charge in [-0.3, -0.25) is 14.4 Å². The molecule has 9 N–H and O–H groups in total. The van der Waals surface area contributed by atoms with Crippen LogP contribution in [0.1, 0.15) is 24.6 Å². The summed E-state index contributed by atoms with van der Waals surface area (Å²) in [4.78, 5) is 60.6. The summed E-state index contributed by atoms with van der Waals surface area (Å²) < 4.78 is 0. The number of aliphatic hydroxyl groups excluding tert-OH is 1. The van der Waals surface area contributed by atoms with Gasteiger partial charge in [0.2, 0.25) is 17.7 Å². The molecule has 0 aliphatic heterocycles. The Kier molecular flexibility index (Phi) is 11.1. The first kappa shape index (κ1) is 30.7. The first-order chi connectivity index (χ1) is 19.1. The van der Waals surface area contributed by atoms with Crippen LogP contribution in [0.25, 0.3) is 10.9 Å². The van der Waals surface area contributed by atoms with E-state index >= 15 is 0 Å². The highest BCUT2D eigenvalue weighted by Gasteiger charge is 2.32. The number of rotatable bonds is 15. The van der Waals surface area contributed by atoms with Gasteiger partial charge in [-0.05, 0) is 43.4 Å². The lowest BCUT2D eigenvalue weighted by Gasteiger charge is -2.26. The van der Waals surface area contributed by atoms with Crippen molar-refractivity contribution in [1.29, 1.82) is 0 Å². The molecule has 40 heavy (non-hydrogen) atoms. The number of nitrogens with two attached hydrogens (primary N) is 1. The van der Waals surface area contributed by atoms with Crippen LogP contribution < -0.4 is 21.7 Å². The van der Waals surface area contributed by atoms with E-state index in [1.807, 2.05) is 30.5 Å². The Hall–Kier alpha value is -3.88. The second-order valence-electron chi connectivity index (χ2n) is 9.42. The first-order valence-electron chi connectivity index (χ1n) is 12.7. The number of fused-ring (bicyclic) bond motifs is 1. The Morgan fingerprint density at radius 2 is 1.75 bits per heavy atom. The van der Waals surface area contributed by atoms with Gasteiger partial charge in [0.05, 0.1) is 18.5 Å². The van der Waals surface area contributed by atoms with E-state index in [2.05, 4.69) is 30.9 Å². The smallest absolute Gasteiger partial charge is 0.326 e. The lowest BCUT2D eigenvalue weighted by molar-refractivity contribution is -0.142. The van der Waals surface area contributed by atoms with Crippen molar-refractivity contribution in [3.63, 3.8) is 0 Å². The van der Waals surface area contributed by atoms with Gasteiger partial charge in [-0.25, -0.2) is 9.78 Å². The fourth-order valence-electron chi connectivity index (χ4n) is 4.15. The van der Waals surface area contributed by atoms with Crippen molar-refractivity contribution in [1.82, 2.24) is 30.9 Å². The fraction of sp³-hybridized carbons (Fsp3) is 0.423. The number of amides is 3. The number of para-hydroxylation sites is 1. The van der Waals surface area contributed by atoms with Crippen LogP contribution in [0, 0.1) is 0 Å². The van der Waals surface area contributed by atoms with Crippen LogP contribution in [0.2, 0.25) is 0 Å². The zero-order chi connectivity index (χ0) is 29.2.